The first-order valence-electron chi connectivity index (χ1n) is 6.07. The van der Waals surface area contributed by atoms with Crippen LogP contribution < -0.4 is 0 Å². The number of halogens is 1. The summed E-state index contributed by atoms with van der Waals surface area (Å²) < 4.78 is 28.0. The summed E-state index contributed by atoms with van der Waals surface area (Å²) in [5.41, 5.74) is 0.875. The SMILES string of the molecule is CC(C)N(Cc1cccnc1)S(=O)(=O)c1ccc(Br)s1. The highest BCUT2D eigenvalue weighted by Gasteiger charge is 2.28. The third kappa shape index (κ3) is 3.46. The van der Waals surface area contributed by atoms with Crippen LogP contribution in [-0.4, -0.2) is 23.7 Å². The van der Waals surface area contributed by atoms with Crippen LogP contribution in [0, 0.1) is 0 Å². The Labute approximate surface area is 131 Å². The minimum atomic E-state index is -3.48. The maximum absolute atomic E-state index is 12.7. The van der Waals surface area contributed by atoms with Crippen molar-refractivity contribution in [2.45, 2.75) is 30.6 Å². The maximum Gasteiger partial charge on any atom is 0.253 e. The van der Waals surface area contributed by atoms with Gasteiger partial charge in [-0.1, -0.05) is 6.07 Å². The molecule has 0 N–H and O–H groups in total. The molecule has 0 aliphatic heterocycles. The van der Waals surface area contributed by atoms with Gasteiger partial charge >= 0.3 is 0 Å². The Morgan fingerprint density at radius 3 is 2.60 bits per heavy atom. The number of aromatic nitrogens is 1. The molecule has 2 rings (SSSR count). The van der Waals surface area contributed by atoms with Gasteiger partial charge in [0, 0.05) is 25.0 Å². The minimum Gasteiger partial charge on any atom is -0.264 e. The molecular formula is C13H15BrN2O2S2. The van der Waals surface area contributed by atoms with E-state index in [-0.39, 0.29) is 6.04 Å². The molecule has 7 heteroatoms. The van der Waals surface area contributed by atoms with Crippen molar-refractivity contribution in [2.24, 2.45) is 0 Å². The van der Waals surface area contributed by atoms with Gasteiger partial charge in [-0.05, 0) is 53.5 Å². The molecule has 0 unspecified atom stereocenters. The second kappa shape index (κ2) is 6.34. The van der Waals surface area contributed by atoms with Crippen molar-refractivity contribution in [1.82, 2.24) is 9.29 Å². The van der Waals surface area contributed by atoms with E-state index in [0.29, 0.717) is 10.8 Å². The average molecular weight is 375 g/mol. The summed E-state index contributed by atoms with van der Waals surface area (Å²) in [5.74, 6) is 0. The predicted octanol–water partition coefficient (Wildman–Crippen LogP) is 3.50. The van der Waals surface area contributed by atoms with Crippen LogP contribution in [-0.2, 0) is 16.6 Å². The third-order valence-corrected chi connectivity index (χ3v) is 6.86. The van der Waals surface area contributed by atoms with E-state index in [1.54, 1.807) is 24.5 Å². The van der Waals surface area contributed by atoms with Crippen LogP contribution in [0.25, 0.3) is 0 Å². The van der Waals surface area contributed by atoms with Crippen LogP contribution in [0.4, 0.5) is 0 Å². The van der Waals surface area contributed by atoms with Crippen LogP contribution in [0.2, 0.25) is 0 Å². The molecule has 2 aromatic heterocycles. The fraction of sp³-hybridized carbons (Fsp3) is 0.308. The number of thiophene rings is 1. The van der Waals surface area contributed by atoms with Gasteiger partial charge in [-0.3, -0.25) is 4.98 Å². The van der Waals surface area contributed by atoms with E-state index < -0.39 is 10.0 Å². The lowest BCUT2D eigenvalue weighted by molar-refractivity contribution is 0.348. The van der Waals surface area contributed by atoms with Crippen molar-refractivity contribution in [3.63, 3.8) is 0 Å². The highest BCUT2D eigenvalue weighted by molar-refractivity contribution is 9.11. The van der Waals surface area contributed by atoms with E-state index in [0.717, 1.165) is 9.35 Å². The zero-order chi connectivity index (χ0) is 14.8. The van der Waals surface area contributed by atoms with Gasteiger partial charge in [0.2, 0.25) is 0 Å². The summed E-state index contributed by atoms with van der Waals surface area (Å²) in [5, 5.41) is 0. The van der Waals surface area contributed by atoms with Crippen LogP contribution >= 0.6 is 27.3 Å². The molecule has 0 bridgehead atoms. The Hall–Kier alpha value is -0.760. The topological polar surface area (TPSA) is 50.3 Å². The Morgan fingerprint density at radius 2 is 2.10 bits per heavy atom. The molecule has 0 spiro atoms. The lowest BCUT2D eigenvalue weighted by Crippen LogP contribution is -2.36. The average Bonchev–Trinajstić information content (AvgIpc) is 2.84. The molecule has 0 radical (unpaired) electrons. The monoisotopic (exact) mass is 374 g/mol. The first-order valence-corrected chi connectivity index (χ1v) is 9.12. The fourth-order valence-corrected chi connectivity index (χ4v) is 5.53. The molecule has 20 heavy (non-hydrogen) atoms. The molecule has 0 atom stereocenters. The summed E-state index contributed by atoms with van der Waals surface area (Å²) in [6.07, 6.45) is 3.36. The highest BCUT2D eigenvalue weighted by Crippen LogP contribution is 2.30. The Kier molecular flexibility index (Phi) is 4.95. The number of hydrogen-bond acceptors (Lipinski definition) is 4. The van der Waals surface area contributed by atoms with Crippen molar-refractivity contribution >= 4 is 37.3 Å². The Balaban J connectivity index is 2.33. The third-order valence-electron chi connectivity index (χ3n) is 2.75. The standard InChI is InChI=1S/C13H15BrN2O2S2/c1-10(2)16(9-11-4-3-7-15-8-11)20(17,18)13-6-5-12(14)19-13/h3-8,10H,9H2,1-2H3. The first-order chi connectivity index (χ1) is 9.41. The van der Waals surface area contributed by atoms with E-state index in [9.17, 15) is 8.42 Å². The molecule has 0 amide bonds. The van der Waals surface area contributed by atoms with Crippen molar-refractivity contribution in [3.05, 3.63) is 46.0 Å². The lowest BCUT2D eigenvalue weighted by atomic mass is 10.2. The van der Waals surface area contributed by atoms with Crippen LogP contribution in [0.1, 0.15) is 19.4 Å². The molecule has 0 saturated carbocycles. The normalized spacial score (nSPS) is 12.2. The molecule has 2 heterocycles. The van der Waals surface area contributed by atoms with Gasteiger partial charge in [-0.15, -0.1) is 11.3 Å². The number of pyridine rings is 1. The molecule has 108 valence electrons. The fourth-order valence-electron chi connectivity index (χ4n) is 1.77. The van der Waals surface area contributed by atoms with E-state index in [2.05, 4.69) is 20.9 Å². The largest absolute Gasteiger partial charge is 0.264 e. The van der Waals surface area contributed by atoms with Gasteiger partial charge in [0.15, 0.2) is 0 Å². The van der Waals surface area contributed by atoms with Gasteiger partial charge in [-0.2, -0.15) is 4.31 Å². The summed E-state index contributed by atoms with van der Waals surface area (Å²) in [4.78, 5) is 4.03. The summed E-state index contributed by atoms with van der Waals surface area (Å²) in [6.45, 7) is 4.07. The Bertz CT molecular complexity index is 669. The Morgan fingerprint density at radius 1 is 1.35 bits per heavy atom. The van der Waals surface area contributed by atoms with Crippen LogP contribution in [0.3, 0.4) is 0 Å². The van der Waals surface area contributed by atoms with Crippen molar-refractivity contribution in [2.75, 3.05) is 0 Å². The van der Waals surface area contributed by atoms with E-state index in [4.69, 9.17) is 0 Å². The number of rotatable bonds is 5. The zero-order valence-electron chi connectivity index (χ0n) is 11.2. The van der Waals surface area contributed by atoms with Gasteiger partial charge in [-0.25, -0.2) is 8.42 Å². The van der Waals surface area contributed by atoms with E-state index in [1.807, 2.05) is 26.0 Å². The summed E-state index contributed by atoms with van der Waals surface area (Å²) >= 11 is 4.53. The quantitative estimate of drug-likeness (QED) is 0.804. The summed E-state index contributed by atoms with van der Waals surface area (Å²) in [7, 11) is -3.48. The number of sulfonamides is 1. The van der Waals surface area contributed by atoms with E-state index in [1.165, 1.54) is 15.6 Å². The second-order valence-electron chi connectivity index (χ2n) is 4.56. The van der Waals surface area contributed by atoms with E-state index >= 15 is 0 Å². The maximum atomic E-state index is 12.7. The van der Waals surface area contributed by atoms with Crippen LogP contribution in [0.15, 0.2) is 44.7 Å². The van der Waals surface area contributed by atoms with Gasteiger partial charge < -0.3 is 0 Å². The van der Waals surface area contributed by atoms with Crippen molar-refractivity contribution in [3.8, 4) is 0 Å². The van der Waals surface area contributed by atoms with Gasteiger partial charge in [0.05, 0.1) is 3.79 Å². The molecule has 0 saturated heterocycles. The van der Waals surface area contributed by atoms with Gasteiger partial charge in [0.25, 0.3) is 10.0 Å². The van der Waals surface area contributed by atoms with Crippen molar-refractivity contribution in [1.29, 1.82) is 0 Å². The van der Waals surface area contributed by atoms with Crippen LogP contribution in [0.5, 0.6) is 0 Å². The van der Waals surface area contributed by atoms with Crippen molar-refractivity contribution < 1.29 is 8.42 Å². The summed E-state index contributed by atoms with van der Waals surface area (Å²) in [6, 6.07) is 6.94. The first kappa shape index (κ1) is 15.6. The number of nitrogens with zero attached hydrogens (tertiary/aromatic N) is 2. The van der Waals surface area contributed by atoms with Gasteiger partial charge in [0.1, 0.15) is 4.21 Å². The molecule has 4 nitrogen and oxygen atoms in total. The minimum absolute atomic E-state index is 0.124. The molecule has 0 aliphatic carbocycles. The molecular weight excluding hydrogens is 360 g/mol. The second-order valence-corrected chi connectivity index (χ2v) is 9.14. The highest BCUT2D eigenvalue weighted by atomic mass is 79.9. The molecule has 0 aromatic carbocycles. The lowest BCUT2D eigenvalue weighted by Gasteiger charge is -2.25. The molecule has 2 aromatic rings. The molecule has 0 aliphatic rings. The number of hydrogen-bond donors (Lipinski definition) is 0. The molecule has 0 fully saturated rings. The zero-order valence-corrected chi connectivity index (χ0v) is 14.4. The predicted molar refractivity (Wildman–Crippen MR) is 84.1 cm³/mol. The smallest absolute Gasteiger partial charge is 0.253 e.